The molecule has 0 amide bonds. The molecule has 25 heavy (non-hydrogen) atoms. The third-order valence-corrected chi connectivity index (χ3v) is 4.86. The van der Waals surface area contributed by atoms with Crippen molar-refractivity contribution in [2.24, 2.45) is 5.92 Å². The first-order valence-electron chi connectivity index (χ1n) is 8.66. The highest BCUT2D eigenvalue weighted by Gasteiger charge is 2.21. The maximum absolute atomic E-state index is 6.31. The summed E-state index contributed by atoms with van der Waals surface area (Å²) in [6.07, 6.45) is 2.05. The summed E-state index contributed by atoms with van der Waals surface area (Å²) in [5, 5.41) is 0. The lowest BCUT2D eigenvalue weighted by molar-refractivity contribution is 0.0289. The fourth-order valence-corrected chi connectivity index (χ4v) is 3.64. The molecule has 0 aliphatic heterocycles. The third-order valence-electron chi connectivity index (χ3n) is 4.32. The maximum atomic E-state index is 6.31. The van der Waals surface area contributed by atoms with Crippen molar-refractivity contribution in [2.75, 3.05) is 11.5 Å². The number of hydrogen-bond acceptors (Lipinski definition) is 2. The Hall–Kier alpha value is -1.33. The van der Waals surface area contributed by atoms with Crippen LogP contribution in [0.4, 0.5) is 0 Å². The quantitative estimate of drug-likeness (QED) is 0.257. The summed E-state index contributed by atoms with van der Waals surface area (Å²) in [7, 11) is 1.68. The SMILES string of the molecule is C=C(CCI)[C@@H](OCc1ccc(OC)cc1)[C@H](C)Cc1ccccc1. The number of alkyl halides is 1. The van der Waals surface area contributed by atoms with Crippen LogP contribution in [-0.2, 0) is 17.8 Å². The van der Waals surface area contributed by atoms with Crippen molar-refractivity contribution >= 4 is 22.6 Å². The van der Waals surface area contributed by atoms with Crippen molar-refractivity contribution < 1.29 is 9.47 Å². The van der Waals surface area contributed by atoms with Crippen LogP contribution in [0.25, 0.3) is 0 Å². The van der Waals surface area contributed by atoms with E-state index < -0.39 is 0 Å². The summed E-state index contributed by atoms with van der Waals surface area (Å²) in [5.74, 6) is 1.25. The van der Waals surface area contributed by atoms with Gasteiger partial charge in [0, 0.05) is 4.43 Å². The van der Waals surface area contributed by atoms with Gasteiger partial charge in [-0.15, -0.1) is 0 Å². The summed E-state index contributed by atoms with van der Waals surface area (Å²) in [5.41, 5.74) is 3.68. The molecule has 0 saturated carbocycles. The third kappa shape index (κ3) is 6.48. The molecule has 0 aliphatic rings. The molecule has 0 bridgehead atoms. The van der Waals surface area contributed by atoms with Crippen molar-refractivity contribution in [3.8, 4) is 5.75 Å². The molecule has 0 saturated heterocycles. The molecule has 0 aromatic heterocycles. The van der Waals surface area contributed by atoms with Gasteiger partial charge in [-0.3, -0.25) is 0 Å². The summed E-state index contributed by atoms with van der Waals surface area (Å²) >= 11 is 2.40. The first-order chi connectivity index (χ1) is 12.1. The van der Waals surface area contributed by atoms with Crippen molar-refractivity contribution in [2.45, 2.75) is 32.5 Å². The van der Waals surface area contributed by atoms with Crippen LogP contribution in [0.2, 0.25) is 0 Å². The van der Waals surface area contributed by atoms with Gasteiger partial charge in [-0.25, -0.2) is 0 Å². The van der Waals surface area contributed by atoms with Gasteiger partial charge in [0.05, 0.1) is 19.8 Å². The molecule has 0 fully saturated rings. The van der Waals surface area contributed by atoms with Crippen LogP contribution in [0.1, 0.15) is 24.5 Å². The average Bonchev–Trinajstić information content (AvgIpc) is 2.63. The Morgan fingerprint density at radius 3 is 2.32 bits per heavy atom. The van der Waals surface area contributed by atoms with E-state index in [1.807, 2.05) is 12.1 Å². The number of ether oxygens (including phenoxy) is 2. The number of methoxy groups -OCH3 is 1. The summed E-state index contributed by atoms with van der Waals surface area (Å²) in [6, 6.07) is 18.7. The molecule has 2 atom stereocenters. The Kier molecular flexibility index (Phi) is 8.49. The number of rotatable bonds is 10. The predicted molar refractivity (Wildman–Crippen MR) is 114 cm³/mol. The van der Waals surface area contributed by atoms with Gasteiger partial charge in [0.25, 0.3) is 0 Å². The van der Waals surface area contributed by atoms with E-state index in [1.54, 1.807) is 7.11 Å². The zero-order valence-electron chi connectivity index (χ0n) is 15.1. The summed E-state index contributed by atoms with van der Waals surface area (Å²) < 4.78 is 12.6. The standard InChI is InChI=1S/C22H27IO2/c1-17(13-14-23)22(18(2)15-19-7-5-4-6-8-19)25-16-20-9-11-21(24-3)12-10-20/h4-12,18,22H,1,13-16H2,2-3H3/t18-,22-/m1/s1. The molecule has 2 aromatic rings. The van der Waals surface area contributed by atoms with Gasteiger partial charge < -0.3 is 9.47 Å². The molecule has 0 spiro atoms. The normalized spacial score (nSPS) is 13.2. The monoisotopic (exact) mass is 450 g/mol. The second-order valence-electron chi connectivity index (χ2n) is 6.34. The highest BCUT2D eigenvalue weighted by molar-refractivity contribution is 14.1. The Morgan fingerprint density at radius 2 is 1.72 bits per heavy atom. The fraction of sp³-hybridized carbons (Fsp3) is 0.364. The predicted octanol–water partition coefficient (Wildman–Crippen LogP) is 5.84. The Balaban J connectivity index is 2.02. The lowest BCUT2D eigenvalue weighted by atomic mass is 9.90. The molecular weight excluding hydrogens is 423 g/mol. The van der Waals surface area contributed by atoms with Crippen molar-refractivity contribution in [1.82, 2.24) is 0 Å². The molecule has 2 nitrogen and oxygen atoms in total. The minimum atomic E-state index is 0.0667. The molecule has 2 aromatic carbocycles. The van der Waals surface area contributed by atoms with E-state index in [1.165, 1.54) is 11.1 Å². The Labute approximate surface area is 165 Å². The lowest BCUT2D eigenvalue weighted by Gasteiger charge is -2.26. The minimum absolute atomic E-state index is 0.0667. The van der Waals surface area contributed by atoms with Crippen molar-refractivity contribution in [3.05, 3.63) is 77.9 Å². The van der Waals surface area contributed by atoms with Crippen molar-refractivity contribution in [3.63, 3.8) is 0 Å². The maximum Gasteiger partial charge on any atom is 0.118 e. The molecule has 3 heteroatoms. The second-order valence-corrected chi connectivity index (χ2v) is 7.42. The van der Waals surface area contributed by atoms with Gasteiger partial charge in [0.1, 0.15) is 5.75 Å². The molecule has 134 valence electrons. The number of benzene rings is 2. The second kappa shape index (κ2) is 10.6. The van der Waals surface area contributed by atoms with E-state index in [0.29, 0.717) is 12.5 Å². The van der Waals surface area contributed by atoms with Gasteiger partial charge in [0.15, 0.2) is 0 Å². The molecule has 0 heterocycles. The highest BCUT2D eigenvalue weighted by Crippen LogP contribution is 2.24. The zero-order chi connectivity index (χ0) is 18.1. The molecule has 0 aliphatic carbocycles. The van der Waals surface area contributed by atoms with Gasteiger partial charge >= 0.3 is 0 Å². The van der Waals surface area contributed by atoms with Gasteiger partial charge in [-0.1, -0.05) is 78.6 Å². The Bertz CT molecular complexity index is 637. The first-order valence-corrected chi connectivity index (χ1v) is 10.2. The van der Waals surface area contributed by atoms with Gasteiger partial charge in [0.2, 0.25) is 0 Å². The van der Waals surface area contributed by atoms with Gasteiger partial charge in [-0.2, -0.15) is 0 Å². The van der Waals surface area contributed by atoms with Crippen LogP contribution in [0, 0.1) is 5.92 Å². The van der Waals surface area contributed by atoms with Crippen LogP contribution in [-0.4, -0.2) is 17.6 Å². The van der Waals surface area contributed by atoms with Crippen LogP contribution in [0.5, 0.6) is 5.75 Å². The van der Waals surface area contributed by atoms with E-state index in [9.17, 15) is 0 Å². The molecule has 0 N–H and O–H groups in total. The molecule has 2 rings (SSSR count). The molecule has 0 unspecified atom stereocenters. The Morgan fingerprint density at radius 1 is 1.04 bits per heavy atom. The largest absolute Gasteiger partial charge is 0.497 e. The van der Waals surface area contributed by atoms with Crippen LogP contribution < -0.4 is 4.74 Å². The zero-order valence-corrected chi connectivity index (χ0v) is 17.2. The average molecular weight is 450 g/mol. The summed E-state index contributed by atoms with van der Waals surface area (Å²) in [6.45, 7) is 7.14. The van der Waals surface area contributed by atoms with E-state index >= 15 is 0 Å². The van der Waals surface area contributed by atoms with Crippen LogP contribution >= 0.6 is 22.6 Å². The topological polar surface area (TPSA) is 18.5 Å². The minimum Gasteiger partial charge on any atom is -0.497 e. The fourth-order valence-electron chi connectivity index (χ4n) is 2.95. The number of halogens is 1. The van der Waals surface area contributed by atoms with Gasteiger partial charge in [-0.05, 0) is 47.6 Å². The van der Waals surface area contributed by atoms with E-state index in [4.69, 9.17) is 9.47 Å². The van der Waals surface area contributed by atoms with E-state index in [2.05, 4.69) is 78.6 Å². The van der Waals surface area contributed by atoms with E-state index in [-0.39, 0.29) is 6.10 Å². The van der Waals surface area contributed by atoms with E-state index in [0.717, 1.165) is 28.6 Å². The highest BCUT2D eigenvalue weighted by atomic mass is 127. The molecular formula is C22H27IO2. The van der Waals surface area contributed by atoms with Crippen molar-refractivity contribution in [1.29, 1.82) is 0 Å². The lowest BCUT2D eigenvalue weighted by Crippen LogP contribution is -2.26. The first kappa shape index (κ1) is 20.0. The summed E-state index contributed by atoms with van der Waals surface area (Å²) in [4.78, 5) is 0. The van der Waals surface area contributed by atoms with Crippen LogP contribution in [0.3, 0.4) is 0 Å². The smallest absolute Gasteiger partial charge is 0.118 e. The number of hydrogen-bond donors (Lipinski definition) is 0. The van der Waals surface area contributed by atoms with Crippen LogP contribution in [0.15, 0.2) is 66.7 Å². The molecule has 0 radical (unpaired) electrons.